The van der Waals surface area contributed by atoms with Crippen LogP contribution < -0.4 is 5.32 Å². The molecule has 3 heteroatoms. The first-order chi connectivity index (χ1) is 9.56. The third-order valence-corrected chi connectivity index (χ3v) is 4.40. The Morgan fingerprint density at radius 2 is 1.95 bits per heavy atom. The van der Waals surface area contributed by atoms with Crippen LogP contribution in [0.4, 0.5) is 0 Å². The van der Waals surface area contributed by atoms with Crippen molar-refractivity contribution >= 4 is 5.91 Å². The Kier molecular flexibility index (Phi) is 4.44. The van der Waals surface area contributed by atoms with Gasteiger partial charge >= 0.3 is 0 Å². The maximum absolute atomic E-state index is 12.4. The van der Waals surface area contributed by atoms with Crippen molar-refractivity contribution in [2.45, 2.75) is 51.0 Å². The smallest absolute Gasteiger partial charge is 0.228 e. The van der Waals surface area contributed by atoms with Crippen LogP contribution in [-0.2, 0) is 4.79 Å². The van der Waals surface area contributed by atoms with Gasteiger partial charge in [-0.3, -0.25) is 4.79 Å². The molecule has 1 aromatic carbocycles. The van der Waals surface area contributed by atoms with Crippen molar-refractivity contribution in [2.24, 2.45) is 5.92 Å². The summed E-state index contributed by atoms with van der Waals surface area (Å²) in [6, 6.07) is 12.0. The molecule has 20 heavy (non-hydrogen) atoms. The van der Waals surface area contributed by atoms with Gasteiger partial charge in [0.1, 0.15) is 5.54 Å². The molecule has 0 heterocycles. The largest absolute Gasteiger partial charge is 0.337 e. The number of hydrogen-bond donors (Lipinski definition) is 1. The molecule has 106 valence electrons. The molecule has 1 unspecified atom stereocenters. The van der Waals surface area contributed by atoms with Crippen molar-refractivity contribution in [2.75, 3.05) is 0 Å². The van der Waals surface area contributed by atoms with Gasteiger partial charge in [-0.25, -0.2) is 0 Å². The molecule has 1 N–H and O–H groups in total. The van der Waals surface area contributed by atoms with E-state index >= 15 is 0 Å². The standard InChI is InChI=1S/C17H22N2O/c1-13-8-10-17(12-18,11-9-13)19-16(20)14(2)15-6-4-3-5-7-15/h3-7,13-14H,8-11H2,1-2H3,(H,19,20). The summed E-state index contributed by atoms with van der Waals surface area (Å²) in [5, 5.41) is 12.5. The van der Waals surface area contributed by atoms with Gasteiger partial charge in [-0.2, -0.15) is 5.26 Å². The van der Waals surface area contributed by atoms with E-state index in [-0.39, 0.29) is 11.8 Å². The Hall–Kier alpha value is -1.82. The lowest BCUT2D eigenvalue weighted by atomic mass is 9.77. The first-order valence-corrected chi connectivity index (χ1v) is 7.34. The number of benzene rings is 1. The third kappa shape index (κ3) is 3.19. The predicted molar refractivity (Wildman–Crippen MR) is 79.0 cm³/mol. The Bertz CT molecular complexity index is 495. The minimum atomic E-state index is -0.660. The fraction of sp³-hybridized carbons (Fsp3) is 0.529. The van der Waals surface area contributed by atoms with Crippen LogP contribution in [0.5, 0.6) is 0 Å². The summed E-state index contributed by atoms with van der Waals surface area (Å²) >= 11 is 0. The van der Waals surface area contributed by atoms with E-state index < -0.39 is 5.54 Å². The van der Waals surface area contributed by atoms with E-state index in [4.69, 9.17) is 0 Å². The summed E-state index contributed by atoms with van der Waals surface area (Å²) in [6.07, 6.45) is 3.54. The number of carbonyl (C=O) groups is 1. The van der Waals surface area contributed by atoms with Gasteiger partial charge in [0.2, 0.25) is 5.91 Å². The second kappa shape index (κ2) is 6.09. The molecule has 0 aromatic heterocycles. The van der Waals surface area contributed by atoms with Crippen LogP contribution in [0.25, 0.3) is 0 Å². The van der Waals surface area contributed by atoms with E-state index in [1.165, 1.54) is 0 Å². The van der Waals surface area contributed by atoms with Crippen molar-refractivity contribution in [3.8, 4) is 6.07 Å². The van der Waals surface area contributed by atoms with Gasteiger partial charge in [0.05, 0.1) is 12.0 Å². The van der Waals surface area contributed by atoms with Gasteiger partial charge < -0.3 is 5.32 Å². The average Bonchev–Trinajstić information content (AvgIpc) is 2.50. The van der Waals surface area contributed by atoms with Gasteiger partial charge in [-0.05, 0) is 44.1 Å². The molecule has 1 atom stereocenters. The van der Waals surface area contributed by atoms with Crippen molar-refractivity contribution in [3.63, 3.8) is 0 Å². The molecule has 0 saturated heterocycles. The second-order valence-electron chi connectivity index (χ2n) is 6.00. The highest BCUT2D eigenvalue weighted by Crippen LogP contribution is 2.32. The molecule has 3 nitrogen and oxygen atoms in total. The van der Waals surface area contributed by atoms with E-state index in [1.54, 1.807) is 0 Å². The van der Waals surface area contributed by atoms with Crippen molar-refractivity contribution in [1.29, 1.82) is 5.26 Å². The quantitative estimate of drug-likeness (QED) is 0.915. The van der Waals surface area contributed by atoms with Gasteiger partial charge in [-0.1, -0.05) is 37.3 Å². The minimum absolute atomic E-state index is 0.0488. The molecule has 1 aromatic rings. The normalized spacial score (nSPS) is 27.4. The molecule has 1 saturated carbocycles. The minimum Gasteiger partial charge on any atom is -0.337 e. The van der Waals surface area contributed by atoms with Gasteiger partial charge in [0, 0.05) is 0 Å². The topological polar surface area (TPSA) is 52.9 Å². The van der Waals surface area contributed by atoms with Crippen LogP contribution in [0.1, 0.15) is 51.0 Å². The van der Waals surface area contributed by atoms with Gasteiger partial charge in [-0.15, -0.1) is 0 Å². The average molecular weight is 270 g/mol. The number of amides is 1. The second-order valence-corrected chi connectivity index (χ2v) is 6.00. The lowest BCUT2D eigenvalue weighted by Gasteiger charge is -2.35. The monoisotopic (exact) mass is 270 g/mol. The van der Waals surface area contributed by atoms with Crippen LogP contribution in [0.2, 0.25) is 0 Å². The van der Waals surface area contributed by atoms with Crippen molar-refractivity contribution < 1.29 is 4.79 Å². The summed E-state index contributed by atoms with van der Waals surface area (Å²) in [5.74, 6) is 0.382. The third-order valence-electron chi connectivity index (χ3n) is 4.40. The Balaban J connectivity index is 2.05. The van der Waals surface area contributed by atoms with Crippen LogP contribution in [0.3, 0.4) is 0 Å². The summed E-state index contributed by atoms with van der Waals surface area (Å²) in [7, 11) is 0. The SMILES string of the molecule is CC1CCC(C#N)(NC(=O)C(C)c2ccccc2)CC1. The Morgan fingerprint density at radius 1 is 1.35 bits per heavy atom. The fourth-order valence-electron chi connectivity index (χ4n) is 2.76. The summed E-state index contributed by atoms with van der Waals surface area (Å²) in [5.41, 5.74) is 0.328. The highest BCUT2D eigenvalue weighted by Gasteiger charge is 2.36. The number of carbonyl (C=O) groups excluding carboxylic acids is 1. The fourth-order valence-corrected chi connectivity index (χ4v) is 2.76. The van der Waals surface area contributed by atoms with Crippen molar-refractivity contribution in [3.05, 3.63) is 35.9 Å². The molecule has 2 rings (SSSR count). The van der Waals surface area contributed by atoms with Crippen molar-refractivity contribution in [1.82, 2.24) is 5.32 Å². The molecule has 1 amide bonds. The zero-order chi connectivity index (χ0) is 14.6. The number of nitriles is 1. The number of rotatable bonds is 3. The van der Waals surface area contributed by atoms with Crippen LogP contribution in [-0.4, -0.2) is 11.4 Å². The first-order valence-electron chi connectivity index (χ1n) is 7.34. The van der Waals surface area contributed by atoms with Crippen LogP contribution >= 0.6 is 0 Å². The molecule has 1 aliphatic carbocycles. The Morgan fingerprint density at radius 3 is 2.50 bits per heavy atom. The van der Waals surface area contributed by atoms with E-state index in [1.807, 2.05) is 37.3 Å². The van der Waals surface area contributed by atoms with Gasteiger partial charge in [0.15, 0.2) is 0 Å². The highest BCUT2D eigenvalue weighted by molar-refractivity contribution is 5.84. The highest BCUT2D eigenvalue weighted by atomic mass is 16.2. The van der Waals surface area contributed by atoms with E-state index in [2.05, 4.69) is 18.3 Å². The zero-order valence-electron chi connectivity index (χ0n) is 12.2. The lowest BCUT2D eigenvalue weighted by Crippen LogP contribution is -2.50. The van der Waals surface area contributed by atoms with E-state index in [0.29, 0.717) is 5.92 Å². The molecule has 1 aliphatic rings. The first kappa shape index (κ1) is 14.6. The maximum atomic E-state index is 12.4. The summed E-state index contributed by atoms with van der Waals surface area (Å²) < 4.78 is 0. The molecule has 0 radical (unpaired) electrons. The predicted octanol–water partition coefficient (Wildman–Crippen LogP) is 3.38. The van der Waals surface area contributed by atoms with E-state index in [9.17, 15) is 10.1 Å². The molecule has 0 spiro atoms. The zero-order valence-corrected chi connectivity index (χ0v) is 12.2. The van der Waals surface area contributed by atoms with E-state index in [0.717, 1.165) is 31.2 Å². The van der Waals surface area contributed by atoms with Gasteiger partial charge in [0.25, 0.3) is 0 Å². The number of nitrogens with zero attached hydrogens (tertiary/aromatic N) is 1. The summed E-state index contributed by atoms with van der Waals surface area (Å²) in [4.78, 5) is 12.4. The summed E-state index contributed by atoms with van der Waals surface area (Å²) in [6.45, 7) is 4.09. The number of nitrogens with one attached hydrogen (secondary N) is 1. The molecule has 0 aliphatic heterocycles. The molecule has 1 fully saturated rings. The molecular weight excluding hydrogens is 248 g/mol. The molecule has 0 bridgehead atoms. The Labute approximate surface area is 121 Å². The molecular formula is C17H22N2O. The number of hydrogen-bond acceptors (Lipinski definition) is 2. The lowest BCUT2D eigenvalue weighted by molar-refractivity contribution is -0.124. The van der Waals surface area contributed by atoms with Crippen LogP contribution in [0, 0.1) is 17.2 Å². The maximum Gasteiger partial charge on any atom is 0.228 e. The van der Waals surface area contributed by atoms with Crippen LogP contribution in [0.15, 0.2) is 30.3 Å².